The van der Waals surface area contributed by atoms with Crippen molar-refractivity contribution in [3.8, 4) is 0 Å². The Morgan fingerprint density at radius 3 is 2.54 bits per heavy atom. The summed E-state index contributed by atoms with van der Waals surface area (Å²) in [4.78, 5) is 39.6. The molecule has 1 aromatic carbocycles. The van der Waals surface area contributed by atoms with Gasteiger partial charge in [0.05, 0.1) is 17.2 Å². The lowest BCUT2D eigenvalue weighted by atomic mass is 10.0. The summed E-state index contributed by atoms with van der Waals surface area (Å²) in [6.45, 7) is 1.43. The second-order valence-electron chi connectivity index (χ2n) is 7.28. The Morgan fingerprint density at radius 1 is 1.21 bits per heavy atom. The molecule has 3 amide bonds. The molecule has 1 N–H and O–H groups in total. The molecule has 2 heterocycles. The van der Waals surface area contributed by atoms with Crippen LogP contribution in [0.2, 0.25) is 0 Å². The molecular formula is C19H22F3N3O3. The van der Waals surface area contributed by atoms with Crippen molar-refractivity contribution in [1.82, 2.24) is 9.80 Å². The van der Waals surface area contributed by atoms with E-state index in [9.17, 15) is 27.6 Å². The molecule has 152 valence electrons. The van der Waals surface area contributed by atoms with E-state index in [4.69, 9.17) is 0 Å². The van der Waals surface area contributed by atoms with Crippen LogP contribution in [0.15, 0.2) is 18.2 Å². The number of benzene rings is 1. The lowest BCUT2D eigenvalue weighted by molar-refractivity contribution is -0.157. The third kappa shape index (κ3) is 4.45. The highest BCUT2D eigenvalue weighted by Crippen LogP contribution is 2.27. The minimum atomic E-state index is -4.51. The molecule has 9 heteroatoms. The Labute approximate surface area is 160 Å². The molecular weight excluding hydrogens is 375 g/mol. The number of hydrogen-bond donors (Lipinski definition) is 1. The number of anilines is 1. The lowest BCUT2D eigenvalue weighted by Crippen LogP contribution is -2.36. The number of amides is 3. The molecule has 1 unspecified atom stereocenters. The first-order valence-electron chi connectivity index (χ1n) is 9.20. The molecule has 2 fully saturated rings. The van der Waals surface area contributed by atoms with Crippen LogP contribution in [-0.4, -0.2) is 59.9 Å². The Kier molecular flexibility index (Phi) is 5.62. The molecule has 2 aliphatic rings. The van der Waals surface area contributed by atoms with Gasteiger partial charge in [0.15, 0.2) is 0 Å². The fraction of sp³-hybridized carbons (Fsp3) is 0.526. The van der Waals surface area contributed by atoms with Crippen molar-refractivity contribution in [2.45, 2.75) is 32.4 Å². The number of likely N-dealkylation sites (tertiary alicyclic amines) is 2. The van der Waals surface area contributed by atoms with Crippen LogP contribution >= 0.6 is 0 Å². The van der Waals surface area contributed by atoms with Crippen molar-refractivity contribution < 1.29 is 27.6 Å². The van der Waals surface area contributed by atoms with Gasteiger partial charge in [0, 0.05) is 26.1 Å². The highest BCUT2D eigenvalue weighted by molar-refractivity contribution is 6.06. The lowest BCUT2D eigenvalue weighted by Gasteiger charge is -2.21. The van der Waals surface area contributed by atoms with Crippen molar-refractivity contribution in [2.75, 3.05) is 31.5 Å². The van der Waals surface area contributed by atoms with Crippen molar-refractivity contribution in [3.05, 3.63) is 29.3 Å². The van der Waals surface area contributed by atoms with E-state index in [1.54, 1.807) is 30.0 Å². The molecule has 0 aromatic heterocycles. The SMILES string of the molecule is Cc1cccc(NC(=O)C2CC(=O)N(CC(F)(F)F)C2)c1C(=O)N1CCCC1. The summed E-state index contributed by atoms with van der Waals surface area (Å²) >= 11 is 0. The maximum absolute atomic E-state index is 12.8. The van der Waals surface area contributed by atoms with Gasteiger partial charge in [-0.2, -0.15) is 13.2 Å². The zero-order valence-electron chi connectivity index (χ0n) is 15.5. The van der Waals surface area contributed by atoms with E-state index in [0.717, 1.165) is 12.8 Å². The second kappa shape index (κ2) is 7.81. The average molecular weight is 397 g/mol. The number of carbonyl (C=O) groups excluding carboxylic acids is 3. The van der Waals surface area contributed by atoms with Gasteiger partial charge in [-0.15, -0.1) is 0 Å². The van der Waals surface area contributed by atoms with Crippen LogP contribution in [0.25, 0.3) is 0 Å². The molecule has 0 aliphatic carbocycles. The first-order valence-corrected chi connectivity index (χ1v) is 9.20. The van der Waals surface area contributed by atoms with Crippen LogP contribution in [-0.2, 0) is 9.59 Å². The van der Waals surface area contributed by atoms with Crippen LogP contribution in [0.5, 0.6) is 0 Å². The smallest absolute Gasteiger partial charge is 0.339 e. The van der Waals surface area contributed by atoms with E-state index < -0.39 is 30.5 Å². The number of nitrogens with zero attached hydrogens (tertiary/aromatic N) is 2. The predicted molar refractivity (Wildman–Crippen MR) is 95.7 cm³/mol. The molecule has 6 nitrogen and oxygen atoms in total. The van der Waals surface area contributed by atoms with E-state index in [1.807, 2.05) is 0 Å². The Morgan fingerprint density at radius 2 is 1.89 bits per heavy atom. The molecule has 2 saturated heterocycles. The Balaban J connectivity index is 1.73. The van der Waals surface area contributed by atoms with Crippen molar-refractivity contribution in [3.63, 3.8) is 0 Å². The van der Waals surface area contributed by atoms with Crippen LogP contribution in [0, 0.1) is 12.8 Å². The molecule has 0 spiro atoms. The number of carbonyl (C=O) groups is 3. The molecule has 2 aliphatic heterocycles. The molecule has 1 aromatic rings. The number of halogens is 3. The van der Waals surface area contributed by atoms with Crippen molar-refractivity contribution in [1.29, 1.82) is 0 Å². The maximum Gasteiger partial charge on any atom is 0.406 e. The summed E-state index contributed by atoms with van der Waals surface area (Å²) in [5.41, 5.74) is 1.41. The van der Waals surface area contributed by atoms with E-state index in [2.05, 4.69) is 5.32 Å². The normalized spacial score (nSPS) is 20.0. The van der Waals surface area contributed by atoms with E-state index >= 15 is 0 Å². The van der Waals surface area contributed by atoms with Crippen molar-refractivity contribution in [2.24, 2.45) is 5.92 Å². The summed E-state index contributed by atoms with van der Waals surface area (Å²) in [5.74, 6) is -2.31. The second-order valence-corrected chi connectivity index (χ2v) is 7.28. The fourth-order valence-corrected chi connectivity index (χ4v) is 3.69. The zero-order chi connectivity index (χ0) is 20.5. The zero-order valence-corrected chi connectivity index (χ0v) is 15.5. The number of nitrogens with one attached hydrogen (secondary N) is 1. The molecule has 28 heavy (non-hydrogen) atoms. The standard InChI is InChI=1S/C19H22F3N3O3/c1-12-5-4-6-14(16(12)18(28)24-7-2-3-8-24)23-17(27)13-9-15(26)25(10-13)11-19(20,21)22/h4-6,13H,2-3,7-11H2,1H3,(H,23,27). The van der Waals surface area contributed by atoms with Crippen LogP contribution < -0.4 is 5.32 Å². The third-order valence-electron chi connectivity index (χ3n) is 5.09. The first-order chi connectivity index (χ1) is 13.2. The molecule has 1 atom stereocenters. The highest BCUT2D eigenvalue weighted by Gasteiger charge is 2.40. The van der Waals surface area contributed by atoms with Gasteiger partial charge < -0.3 is 15.1 Å². The molecule has 0 radical (unpaired) electrons. The van der Waals surface area contributed by atoms with Crippen molar-refractivity contribution >= 4 is 23.4 Å². The summed E-state index contributed by atoms with van der Waals surface area (Å²) < 4.78 is 37.7. The van der Waals surface area contributed by atoms with Gasteiger partial charge in [0.2, 0.25) is 11.8 Å². The summed E-state index contributed by atoms with van der Waals surface area (Å²) in [6, 6.07) is 5.06. The van der Waals surface area contributed by atoms with Gasteiger partial charge in [0.1, 0.15) is 6.54 Å². The molecule has 0 bridgehead atoms. The molecule has 0 saturated carbocycles. The highest BCUT2D eigenvalue weighted by atomic mass is 19.4. The third-order valence-corrected chi connectivity index (χ3v) is 5.09. The van der Waals surface area contributed by atoms with Gasteiger partial charge in [-0.1, -0.05) is 12.1 Å². The number of alkyl halides is 3. The fourth-order valence-electron chi connectivity index (χ4n) is 3.69. The first kappa shape index (κ1) is 20.2. The maximum atomic E-state index is 12.8. The van der Waals surface area contributed by atoms with Crippen LogP contribution in [0.1, 0.15) is 35.2 Å². The Hall–Kier alpha value is -2.58. The van der Waals surface area contributed by atoms with Gasteiger partial charge in [-0.25, -0.2) is 0 Å². The summed E-state index contributed by atoms with van der Waals surface area (Å²) in [7, 11) is 0. The number of hydrogen-bond acceptors (Lipinski definition) is 3. The van der Waals surface area contributed by atoms with Gasteiger partial charge in [-0.3, -0.25) is 14.4 Å². The largest absolute Gasteiger partial charge is 0.406 e. The Bertz CT molecular complexity index is 788. The minimum Gasteiger partial charge on any atom is -0.339 e. The van der Waals surface area contributed by atoms with Crippen LogP contribution in [0.4, 0.5) is 18.9 Å². The summed E-state index contributed by atoms with van der Waals surface area (Å²) in [5, 5.41) is 2.66. The quantitative estimate of drug-likeness (QED) is 0.849. The summed E-state index contributed by atoms with van der Waals surface area (Å²) in [6.07, 6.45) is -2.92. The van der Waals surface area contributed by atoms with Gasteiger partial charge in [0.25, 0.3) is 5.91 Å². The predicted octanol–water partition coefficient (Wildman–Crippen LogP) is 2.58. The molecule has 3 rings (SSSR count). The number of aryl methyl sites for hydroxylation is 1. The van der Waals surface area contributed by atoms with E-state index in [-0.39, 0.29) is 18.9 Å². The monoisotopic (exact) mass is 397 g/mol. The van der Waals surface area contributed by atoms with E-state index in [0.29, 0.717) is 34.8 Å². The van der Waals surface area contributed by atoms with Gasteiger partial charge >= 0.3 is 6.18 Å². The minimum absolute atomic E-state index is 0.174. The van der Waals surface area contributed by atoms with E-state index in [1.165, 1.54) is 0 Å². The number of rotatable bonds is 4. The van der Waals surface area contributed by atoms with Crippen LogP contribution in [0.3, 0.4) is 0 Å². The average Bonchev–Trinajstić information content (AvgIpc) is 3.24. The topological polar surface area (TPSA) is 69.7 Å². The van der Waals surface area contributed by atoms with Gasteiger partial charge in [-0.05, 0) is 31.4 Å².